The largest absolute Gasteiger partial charge is 0.478 e. The number of nitrogens with zero attached hydrogens (tertiary/aromatic N) is 3. The molecule has 0 saturated heterocycles. The summed E-state index contributed by atoms with van der Waals surface area (Å²) in [5.74, 6) is -1.33. The molecule has 9 nitrogen and oxygen atoms in total. The summed E-state index contributed by atoms with van der Waals surface area (Å²) >= 11 is 0. The molecule has 3 aromatic carbocycles. The fourth-order valence-corrected chi connectivity index (χ4v) is 5.12. The highest BCUT2D eigenvalue weighted by molar-refractivity contribution is 6.01. The van der Waals surface area contributed by atoms with E-state index in [4.69, 9.17) is 11.1 Å². The maximum atomic E-state index is 13.2. The maximum Gasteiger partial charge on any atom is 0.336 e. The van der Waals surface area contributed by atoms with Crippen LogP contribution in [-0.2, 0) is 19.5 Å². The Kier molecular flexibility index (Phi) is 7.84. The Hall–Kier alpha value is -5.31. The molecule has 2 aromatic heterocycles. The molecule has 0 aliphatic heterocycles. The number of nitrogen functional groups attached to an aromatic ring is 1. The standard InChI is InChI=1S/C33H32N6O3/c1-4-39-18-24(26-10-8-22(31(34)35)14-30(26)39)12-21-6-7-23(32(40)38-17-25-16-36-20(3)15-37-25)13-28(21)27-9-5-19(2)11-29(27)33(41)42/h5-11,13-16,18H,4,12,17H2,1-3H3,(H3,34,35)(H,38,40)(H,41,42). The molecular weight excluding hydrogens is 528 g/mol. The van der Waals surface area contributed by atoms with Gasteiger partial charge in [0.15, 0.2) is 0 Å². The maximum absolute atomic E-state index is 13.2. The van der Waals surface area contributed by atoms with E-state index in [1.165, 1.54) is 0 Å². The van der Waals surface area contributed by atoms with Crippen molar-refractivity contribution in [1.29, 1.82) is 5.41 Å². The molecule has 0 atom stereocenters. The van der Waals surface area contributed by atoms with Crippen molar-refractivity contribution in [3.63, 3.8) is 0 Å². The van der Waals surface area contributed by atoms with E-state index in [0.717, 1.165) is 39.8 Å². The van der Waals surface area contributed by atoms with Crippen molar-refractivity contribution in [3.8, 4) is 11.1 Å². The van der Waals surface area contributed by atoms with Crippen LogP contribution in [-0.4, -0.2) is 37.4 Å². The van der Waals surface area contributed by atoms with Crippen LogP contribution in [0.4, 0.5) is 0 Å². The molecule has 0 aliphatic rings. The Balaban J connectivity index is 1.57. The van der Waals surface area contributed by atoms with Crippen LogP contribution in [0.15, 0.2) is 73.2 Å². The van der Waals surface area contributed by atoms with Gasteiger partial charge < -0.3 is 20.7 Å². The summed E-state index contributed by atoms with van der Waals surface area (Å²) in [6.45, 7) is 6.70. The van der Waals surface area contributed by atoms with E-state index in [0.29, 0.717) is 34.4 Å². The van der Waals surface area contributed by atoms with Gasteiger partial charge in [0.25, 0.3) is 5.91 Å². The number of benzene rings is 3. The summed E-state index contributed by atoms with van der Waals surface area (Å²) in [4.78, 5) is 34.0. The number of aromatic nitrogens is 3. The summed E-state index contributed by atoms with van der Waals surface area (Å²) in [6.07, 6.45) is 5.86. The SMILES string of the molecule is CCn1cc(Cc2ccc(C(=O)NCc3cnc(C)cn3)cc2-c2ccc(C)cc2C(=O)O)c2ccc(C(=N)N)cc21. The van der Waals surface area contributed by atoms with Crippen LogP contribution in [0.5, 0.6) is 0 Å². The molecule has 2 heterocycles. The highest BCUT2D eigenvalue weighted by Crippen LogP contribution is 2.33. The Labute approximate surface area is 243 Å². The second-order valence-corrected chi connectivity index (χ2v) is 10.3. The van der Waals surface area contributed by atoms with E-state index in [1.807, 2.05) is 44.2 Å². The molecule has 5 N–H and O–H groups in total. The Morgan fingerprint density at radius 2 is 1.74 bits per heavy atom. The first-order valence-corrected chi connectivity index (χ1v) is 13.6. The number of rotatable bonds is 9. The van der Waals surface area contributed by atoms with Crippen molar-refractivity contribution < 1.29 is 14.7 Å². The Morgan fingerprint density at radius 3 is 2.43 bits per heavy atom. The van der Waals surface area contributed by atoms with E-state index in [9.17, 15) is 14.7 Å². The molecule has 0 fully saturated rings. The first kappa shape index (κ1) is 28.2. The lowest BCUT2D eigenvalue weighted by Crippen LogP contribution is -2.23. The topological polar surface area (TPSA) is 147 Å². The van der Waals surface area contributed by atoms with Gasteiger partial charge in [-0.05, 0) is 67.3 Å². The van der Waals surface area contributed by atoms with Gasteiger partial charge in [-0.2, -0.15) is 0 Å². The van der Waals surface area contributed by atoms with Crippen LogP contribution in [0.25, 0.3) is 22.0 Å². The fourth-order valence-electron chi connectivity index (χ4n) is 5.12. The number of hydrogen-bond acceptors (Lipinski definition) is 5. The number of aromatic carboxylic acids is 1. The highest BCUT2D eigenvalue weighted by atomic mass is 16.4. The van der Waals surface area contributed by atoms with Crippen LogP contribution in [0.1, 0.15) is 61.3 Å². The third-order valence-electron chi connectivity index (χ3n) is 7.33. The molecule has 1 amide bonds. The monoisotopic (exact) mass is 560 g/mol. The second kappa shape index (κ2) is 11.7. The van der Waals surface area contributed by atoms with E-state index in [-0.39, 0.29) is 23.9 Å². The number of carboxylic acids is 1. The molecule has 0 saturated carbocycles. The third kappa shape index (κ3) is 5.76. The van der Waals surface area contributed by atoms with Crippen molar-refractivity contribution >= 4 is 28.6 Å². The zero-order chi connectivity index (χ0) is 30.0. The minimum absolute atomic E-state index is 0.00782. The van der Waals surface area contributed by atoms with Crippen LogP contribution in [0.2, 0.25) is 0 Å². The van der Waals surface area contributed by atoms with Gasteiger partial charge in [0, 0.05) is 47.4 Å². The molecular formula is C33H32N6O3. The summed E-state index contributed by atoms with van der Waals surface area (Å²) in [7, 11) is 0. The minimum atomic E-state index is -1.04. The first-order chi connectivity index (χ1) is 20.1. The fraction of sp³-hybridized carbons (Fsp3) is 0.182. The number of nitrogens with one attached hydrogen (secondary N) is 2. The average molecular weight is 561 g/mol. The van der Waals surface area contributed by atoms with Gasteiger partial charge in [-0.15, -0.1) is 0 Å². The van der Waals surface area contributed by atoms with Gasteiger partial charge in [-0.25, -0.2) is 4.79 Å². The van der Waals surface area contributed by atoms with Gasteiger partial charge >= 0.3 is 5.97 Å². The molecule has 5 rings (SSSR count). The van der Waals surface area contributed by atoms with Crippen molar-refractivity contribution in [2.24, 2.45) is 5.73 Å². The lowest BCUT2D eigenvalue weighted by atomic mass is 9.89. The number of hydrogen-bond donors (Lipinski definition) is 4. The molecule has 0 radical (unpaired) electrons. The molecule has 0 spiro atoms. The molecule has 0 unspecified atom stereocenters. The molecule has 42 heavy (non-hydrogen) atoms. The number of amides is 1. The van der Waals surface area contributed by atoms with Crippen molar-refractivity contribution in [2.75, 3.05) is 0 Å². The van der Waals surface area contributed by atoms with Crippen LogP contribution < -0.4 is 11.1 Å². The second-order valence-electron chi connectivity index (χ2n) is 10.3. The van der Waals surface area contributed by atoms with E-state index >= 15 is 0 Å². The molecule has 212 valence electrons. The van der Waals surface area contributed by atoms with E-state index < -0.39 is 5.97 Å². The van der Waals surface area contributed by atoms with Crippen molar-refractivity contribution in [1.82, 2.24) is 19.9 Å². The van der Waals surface area contributed by atoms with Crippen molar-refractivity contribution in [3.05, 3.63) is 118 Å². The molecule has 5 aromatic rings. The summed E-state index contributed by atoms with van der Waals surface area (Å²) in [5.41, 5.74) is 13.4. The number of aryl methyl sites for hydroxylation is 3. The number of carbonyl (C=O) groups is 2. The predicted molar refractivity (Wildman–Crippen MR) is 163 cm³/mol. The normalized spacial score (nSPS) is 11.0. The molecule has 9 heteroatoms. The lowest BCUT2D eigenvalue weighted by molar-refractivity contribution is 0.0697. The highest BCUT2D eigenvalue weighted by Gasteiger charge is 2.19. The number of amidine groups is 1. The number of nitrogens with two attached hydrogens (primary N) is 1. The lowest BCUT2D eigenvalue weighted by Gasteiger charge is -2.15. The van der Waals surface area contributed by atoms with Gasteiger partial charge in [0.2, 0.25) is 0 Å². The average Bonchev–Trinajstić information content (AvgIpc) is 3.33. The minimum Gasteiger partial charge on any atom is -0.478 e. The predicted octanol–water partition coefficient (Wildman–Crippen LogP) is 5.24. The smallest absolute Gasteiger partial charge is 0.336 e. The van der Waals surface area contributed by atoms with E-state index in [1.54, 1.807) is 36.7 Å². The first-order valence-electron chi connectivity index (χ1n) is 13.6. The summed E-state index contributed by atoms with van der Waals surface area (Å²) in [5, 5.41) is 21.8. The van der Waals surface area contributed by atoms with Crippen molar-refractivity contribution in [2.45, 2.75) is 40.3 Å². The Morgan fingerprint density at radius 1 is 0.952 bits per heavy atom. The Bertz CT molecular complexity index is 1840. The van der Waals surface area contributed by atoms with Crippen LogP contribution in [0.3, 0.4) is 0 Å². The zero-order valence-corrected chi connectivity index (χ0v) is 23.7. The van der Waals surface area contributed by atoms with Gasteiger partial charge in [-0.3, -0.25) is 20.2 Å². The van der Waals surface area contributed by atoms with Crippen LogP contribution >= 0.6 is 0 Å². The van der Waals surface area contributed by atoms with E-state index in [2.05, 4.69) is 33.0 Å². The summed E-state index contributed by atoms with van der Waals surface area (Å²) < 4.78 is 2.11. The van der Waals surface area contributed by atoms with Gasteiger partial charge in [-0.1, -0.05) is 35.9 Å². The number of fused-ring (bicyclic) bond motifs is 1. The quantitative estimate of drug-likeness (QED) is 0.143. The van der Waals surface area contributed by atoms with Gasteiger partial charge in [0.05, 0.1) is 29.7 Å². The van der Waals surface area contributed by atoms with Gasteiger partial charge in [0.1, 0.15) is 5.84 Å². The summed E-state index contributed by atoms with van der Waals surface area (Å²) in [6, 6.07) is 16.5. The van der Waals surface area contributed by atoms with Crippen LogP contribution in [0, 0.1) is 19.3 Å². The zero-order valence-electron chi connectivity index (χ0n) is 23.7. The third-order valence-corrected chi connectivity index (χ3v) is 7.33. The number of carboxylic acid groups (broad SMARTS) is 1. The number of carbonyl (C=O) groups excluding carboxylic acids is 1. The molecule has 0 bridgehead atoms. The molecule has 0 aliphatic carbocycles.